The first-order chi connectivity index (χ1) is 14.3. The number of aliphatic hydroxyl groups is 1. The Labute approximate surface area is 179 Å². The third-order valence-electron chi connectivity index (χ3n) is 8.64. The van der Waals surface area contributed by atoms with Crippen molar-refractivity contribution >= 4 is 11.8 Å². The van der Waals surface area contributed by atoms with Gasteiger partial charge in [-0.1, -0.05) is 55.8 Å². The Hall–Kier alpha value is -1.94. The van der Waals surface area contributed by atoms with Crippen LogP contribution in [0.25, 0.3) is 0 Å². The van der Waals surface area contributed by atoms with Crippen LogP contribution < -0.4 is 0 Å². The summed E-state index contributed by atoms with van der Waals surface area (Å²) in [5.74, 6) is 0.592. The minimum absolute atomic E-state index is 0.0436. The molecule has 4 heteroatoms. The van der Waals surface area contributed by atoms with Gasteiger partial charge in [-0.05, 0) is 61.7 Å². The standard InChI is InChI=1S/C26H34O4/c1-25-13-11-19(27)15-18(25)9-10-20-21(25)12-14-26(2,22(20)16-23(28)30-3)24(29)17-7-5-4-6-8-17/h4-9,19-22,27H,10-16H2,1-3H3. The fraction of sp³-hybridized carbons (Fsp3) is 0.615. The summed E-state index contributed by atoms with van der Waals surface area (Å²) in [5.41, 5.74) is 1.60. The highest BCUT2D eigenvalue weighted by molar-refractivity contribution is 6.00. The first kappa shape index (κ1) is 21.3. The van der Waals surface area contributed by atoms with E-state index in [1.54, 1.807) is 0 Å². The maximum absolute atomic E-state index is 13.7. The van der Waals surface area contributed by atoms with E-state index in [0.717, 1.165) is 44.1 Å². The van der Waals surface area contributed by atoms with Crippen LogP contribution in [-0.2, 0) is 9.53 Å². The zero-order valence-electron chi connectivity index (χ0n) is 18.4. The van der Waals surface area contributed by atoms with E-state index in [2.05, 4.69) is 19.9 Å². The van der Waals surface area contributed by atoms with Gasteiger partial charge in [0.25, 0.3) is 0 Å². The Balaban J connectivity index is 1.72. The molecule has 3 aliphatic carbocycles. The van der Waals surface area contributed by atoms with Crippen LogP contribution in [0.2, 0.25) is 0 Å². The van der Waals surface area contributed by atoms with Gasteiger partial charge in [-0.3, -0.25) is 9.59 Å². The average Bonchev–Trinajstić information content (AvgIpc) is 2.76. The van der Waals surface area contributed by atoms with Crippen LogP contribution in [0.4, 0.5) is 0 Å². The molecule has 1 aromatic rings. The first-order valence-electron chi connectivity index (χ1n) is 11.3. The van der Waals surface area contributed by atoms with Crippen molar-refractivity contribution in [1.29, 1.82) is 0 Å². The van der Waals surface area contributed by atoms with Crippen LogP contribution in [-0.4, -0.2) is 30.1 Å². The van der Waals surface area contributed by atoms with Gasteiger partial charge in [-0.25, -0.2) is 0 Å². The molecular formula is C26H34O4. The second kappa shape index (κ2) is 7.96. The second-order valence-corrected chi connectivity index (χ2v) is 10.1. The number of aliphatic hydroxyl groups excluding tert-OH is 1. The van der Waals surface area contributed by atoms with Crippen molar-refractivity contribution < 1.29 is 19.4 Å². The molecule has 6 unspecified atom stereocenters. The van der Waals surface area contributed by atoms with Gasteiger partial charge in [0.1, 0.15) is 0 Å². The second-order valence-electron chi connectivity index (χ2n) is 10.1. The number of ketones is 1. The van der Waals surface area contributed by atoms with Crippen LogP contribution in [0.1, 0.15) is 69.2 Å². The van der Waals surface area contributed by atoms with Gasteiger partial charge in [0.05, 0.1) is 13.2 Å². The predicted octanol–water partition coefficient (Wildman–Crippen LogP) is 4.96. The fourth-order valence-electron chi connectivity index (χ4n) is 6.80. The normalized spacial score (nSPS) is 38.1. The summed E-state index contributed by atoms with van der Waals surface area (Å²) in [6.45, 7) is 4.41. The molecular weight excluding hydrogens is 376 g/mol. The molecule has 0 aromatic heterocycles. The molecule has 1 aromatic carbocycles. The van der Waals surface area contributed by atoms with Gasteiger partial charge in [0, 0.05) is 17.4 Å². The van der Waals surface area contributed by atoms with Crippen molar-refractivity contribution in [3.8, 4) is 0 Å². The van der Waals surface area contributed by atoms with Gasteiger partial charge in [0.15, 0.2) is 5.78 Å². The molecule has 0 bridgehead atoms. The van der Waals surface area contributed by atoms with Gasteiger partial charge < -0.3 is 9.84 Å². The molecule has 2 fully saturated rings. The molecule has 0 spiro atoms. The monoisotopic (exact) mass is 410 g/mol. The Kier molecular flexibility index (Phi) is 5.65. The zero-order chi connectivity index (χ0) is 21.5. The number of allylic oxidation sites excluding steroid dienone is 1. The summed E-state index contributed by atoms with van der Waals surface area (Å²) >= 11 is 0. The molecule has 0 amide bonds. The lowest BCUT2D eigenvalue weighted by atomic mass is 9.46. The largest absolute Gasteiger partial charge is 0.469 e. The molecule has 2 saturated carbocycles. The van der Waals surface area contributed by atoms with Gasteiger partial charge >= 0.3 is 5.97 Å². The summed E-state index contributed by atoms with van der Waals surface area (Å²) in [6.07, 6.45) is 7.59. The summed E-state index contributed by atoms with van der Waals surface area (Å²) in [5, 5.41) is 10.2. The zero-order valence-corrected chi connectivity index (χ0v) is 18.4. The quantitative estimate of drug-likeness (QED) is 0.433. The summed E-state index contributed by atoms with van der Waals surface area (Å²) in [6, 6.07) is 9.51. The number of carbonyl (C=O) groups is 2. The molecule has 0 aliphatic heterocycles. The summed E-state index contributed by atoms with van der Waals surface area (Å²) in [7, 11) is 1.43. The minimum atomic E-state index is -0.577. The molecule has 4 nitrogen and oxygen atoms in total. The molecule has 0 saturated heterocycles. The van der Waals surface area contributed by atoms with Crippen molar-refractivity contribution in [2.45, 2.75) is 64.9 Å². The molecule has 0 heterocycles. The molecule has 1 N–H and O–H groups in total. The van der Waals surface area contributed by atoms with Crippen molar-refractivity contribution in [3.05, 3.63) is 47.5 Å². The summed E-state index contributed by atoms with van der Waals surface area (Å²) < 4.78 is 5.06. The predicted molar refractivity (Wildman–Crippen MR) is 116 cm³/mol. The number of ether oxygens (including phenoxy) is 1. The molecule has 162 valence electrons. The lowest BCUT2D eigenvalue weighted by Crippen LogP contribution is -2.53. The van der Waals surface area contributed by atoms with Crippen LogP contribution >= 0.6 is 0 Å². The van der Waals surface area contributed by atoms with Crippen molar-refractivity contribution in [1.82, 2.24) is 0 Å². The van der Waals surface area contributed by atoms with Crippen LogP contribution in [0.15, 0.2) is 42.0 Å². The Morgan fingerprint density at radius 1 is 1.13 bits per heavy atom. The lowest BCUT2D eigenvalue weighted by Gasteiger charge is -2.58. The number of fused-ring (bicyclic) bond motifs is 3. The number of benzene rings is 1. The van der Waals surface area contributed by atoms with Crippen LogP contribution in [0, 0.1) is 28.6 Å². The highest BCUT2D eigenvalue weighted by Crippen LogP contribution is 2.62. The van der Waals surface area contributed by atoms with Crippen molar-refractivity contribution in [3.63, 3.8) is 0 Å². The molecule has 3 aliphatic rings. The third-order valence-corrected chi connectivity index (χ3v) is 8.64. The number of methoxy groups -OCH3 is 1. The van der Waals surface area contributed by atoms with Gasteiger partial charge in [0.2, 0.25) is 0 Å². The number of rotatable bonds is 4. The van der Waals surface area contributed by atoms with E-state index in [4.69, 9.17) is 4.74 Å². The number of hydrogen-bond donors (Lipinski definition) is 1. The first-order valence-corrected chi connectivity index (χ1v) is 11.3. The smallest absolute Gasteiger partial charge is 0.305 e. The van der Waals surface area contributed by atoms with E-state index in [9.17, 15) is 14.7 Å². The highest BCUT2D eigenvalue weighted by atomic mass is 16.5. The third kappa shape index (κ3) is 3.43. The maximum Gasteiger partial charge on any atom is 0.305 e. The van der Waals surface area contributed by atoms with Crippen LogP contribution in [0.3, 0.4) is 0 Å². The SMILES string of the molecule is COC(=O)CC1C2CC=C3CC(O)CCC3(C)C2CCC1(C)C(=O)c1ccccc1. The Morgan fingerprint density at radius 2 is 1.87 bits per heavy atom. The van der Waals surface area contributed by atoms with E-state index in [1.165, 1.54) is 12.7 Å². The minimum Gasteiger partial charge on any atom is -0.469 e. The van der Waals surface area contributed by atoms with E-state index in [-0.39, 0.29) is 41.5 Å². The fourth-order valence-corrected chi connectivity index (χ4v) is 6.80. The average molecular weight is 411 g/mol. The van der Waals surface area contributed by atoms with Gasteiger partial charge in [-0.15, -0.1) is 0 Å². The molecule has 4 rings (SSSR count). The summed E-state index contributed by atoms with van der Waals surface area (Å²) in [4.78, 5) is 26.1. The maximum atomic E-state index is 13.7. The van der Waals surface area contributed by atoms with Gasteiger partial charge in [-0.2, -0.15) is 0 Å². The Bertz CT molecular complexity index is 844. The molecule has 30 heavy (non-hydrogen) atoms. The molecule has 6 atom stereocenters. The van der Waals surface area contributed by atoms with E-state index >= 15 is 0 Å². The van der Waals surface area contributed by atoms with Crippen LogP contribution in [0.5, 0.6) is 0 Å². The lowest BCUT2D eigenvalue weighted by molar-refractivity contribution is -0.145. The van der Waals surface area contributed by atoms with Crippen molar-refractivity contribution in [2.75, 3.05) is 7.11 Å². The number of esters is 1. The van der Waals surface area contributed by atoms with E-state index < -0.39 is 5.41 Å². The van der Waals surface area contributed by atoms with E-state index in [0.29, 0.717) is 5.92 Å². The van der Waals surface area contributed by atoms with Crippen molar-refractivity contribution in [2.24, 2.45) is 28.6 Å². The number of hydrogen-bond acceptors (Lipinski definition) is 4. The highest BCUT2D eigenvalue weighted by Gasteiger charge is 2.57. The van der Waals surface area contributed by atoms with E-state index in [1.807, 2.05) is 30.3 Å². The molecule has 0 radical (unpaired) electrons. The Morgan fingerprint density at radius 3 is 2.57 bits per heavy atom. The topological polar surface area (TPSA) is 63.6 Å². The number of Topliss-reactive ketones (excluding diaryl/α,β-unsaturated/α-hetero) is 1. The number of carbonyl (C=O) groups excluding carboxylic acids is 2.